The highest BCUT2D eigenvalue weighted by Gasteiger charge is 2.50. The van der Waals surface area contributed by atoms with Gasteiger partial charge in [0.05, 0.1) is 16.4 Å². The Labute approximate surface area is 156 Å². The van der Waals surface area contributed by atoms with Crippen molar-refractivity contribution in [2.75, 3.05) is 32.8 Å². The number of hydrogen-bond acceptors (Lipinski definition) is 5. The molecule has 3 aliphatic rings. The van der Waals surface area contributed by atoms with Gasteiger partial charge in [-0.1, -0.05) is 11.6 Å². The topological polar surface area (TPSA) is 66.9 Å². The molecule has 1 aliphatic carbocycles. The predicted octanol–water partition coefficient (Wildman–Crippen LogP) is 2.19. The van der Waals surface area contributed by atoms with Gasteiger partial charge in [0.25, 0.3) is 10.0 Å². The largest absolute Gasteiger partial charge is 0.381 e. The van der Waals surface area contributed by atoms with Crippen molar-refractivity contribution in [2.45, 2.75) is 35.4 Å². The van der Waals surface area contributed by atoms with Crippen LogP contribution in [0.5, 0.6) is 0 Å². The second-order valence-electron chi connectivity index (χ2n) is 7.12. The maximum absolute atomic E-state index is 13.0. The summed E-state index contributed by atoms with van der Waals surface area (Å²) in [6, 6.07) is 3.09. The number of carbonyl (C=O) groups is 1. The molecule has 6 nitrogen and oxygen atoms in total. The number of piperazine rings is 1. The van der Waals surface area contributed by atoms with Gasteiger partial charge in [0.2, 0.25) is 5.91 Å². The third-order valence-corrected chi connectivity index (χ3v) is 8.85. The second-order valence-corrected chi connectivity index (χ2v) is 11.0. The summed E-state index contributed by atoms with van der Waals surface area (Å²) in [6.45, 7) is 2.12. The smallest absolute Gasteiger partial charge is 0.253 e. The number of amides is 1. The summed E-state index contributed by atoms with van der Waals surface area (Å²) in [5, 5.41) is 0. The van der Waals surface area contributed by atoms with Crippen LogP contribution in [0.4, 0.5) is 0 Å². The van der Waals surface area contributed by atoms with Crippen molar-refractivity contribution >= 4 is 38.9 Å². The van der Waals surface area contributed by atoms with Crippen LogP contribution in [0, 0.1) is 5.92 Å². The molecular weight excluding hydrogens is 384 g/mol. The maximum atomic E-state index is 13.0. The van der Waals surface area contributed by atoms with E-state index < -0.39 is 15.6 Å². The first-order valence-corrected chi connectivity index (χ1v) is 11.2. The summed E-state index contributed by atoms with van der Waals surface area (Å²) >= 11 is 6.94. The molecule has 3 fully saturated rings. The average molecular weight is 405 g/mol. The third kappa shape index (κ3) is 3.35. The summed E-state index contributed by atoms with van der Waals surface area (Å²) in [5.74, 6) is 0.481. The van der Waals surface area contributed by atoms with Gasteiger partial charge in [-0.05, 0) is 43.7 Å². The molecule has 9 heteroatoms. The van der Waals surface area contributed by atoms with Crippen LogP contribution in [0.3, 0.4) is 0 Å². The Balaban J connectivity index is 1.64. The van der Waals surface area contributed by atoms with Crippen LogP contribution in [0.25, 0.3) is 0 Å². The fraction of sp³-hybridized carbons (Fsp3) is 0.688. The average Bonchev–Trinajstić information content (AvgIpc) is 3.30. The van der Waals surface area contributed by atoms with Crippen molar-refractivity contribution in [1.82, 2.24) is 9.21 Å². The van der Waals surface area contributed by atoms with E-state index in [1.165, 1.54) is 10.4 Å². The molecule has 1 aromatic rings. The number of nitrogens with zero attached hydrogens (tertiary/aromatic N) is 2. The quantitative estimate of drug-likeness (QED) is 0.771. The van der Waals surface area contributed by atoms with E-state index in [0.29, 0.717) is 42.9 Å². The number of rotatable bonds is 4. The molecule has 0 N–H and O–H groups in total. The standard InChI is InChI=1S/C16H21ClN2O4S2/c17-13-3-4-15(24-13)25(21,22)18-10-14(20)19(9-12-1-2-12)16(11-18)5-7-23-8-6-16/h3-4,12H,1-2,5-11H2. The minimum absolute atomic E-state index is 0.0901. The summed E-state index contributed by atoms with van der Waals surface area (Å²) in [4.78, 5) is 14.8. The molecule has 0 aromatic carbocycles. The maximum Gasteiger partial charge on any atom is 0.253 e. The normalized spacial score (nSPS) is 24.8. The van der Waals surface area contributed by atoms with E-state index in [-0.39, 0.29) is 16.7 Å². The molecule has 0 atom stereocenters. The molecule has 0 radical (unpaired) electrons. The molecule has 138 valence electrons. The van der Waals surface area contributed by atoms with E-state index in [0.717, 1.165) is 30.7 Å². The Bertz CT molecular complexity index is 769. The van der Waals surface area contributed by atoms with Crippen LogP contribution in [-0.4, -0.2) is 61.9 Å². The second kappa shape index (κ2) is 6.49. The highest BCUT2D eigenvalue weighted by molar-refractivity contribution is 7.91. The van der Waals surface area contributed by atoms with Crippen LogP contribution in [0.15, 0.2) is 16.3 Å². The van der Waals surface area contributed by atoms with Crippen LogP contribution in [-0.2, 0) is 19.6 Å². The zero-order chi connectivity index (χ0) is 17.7. The summed E-state index contributed by atoms with van der Waals surface area (Å²) in [5.41, 5.74) is -0.440. The van der Waals surface area contributed by atoms with Crippen LogP contribution < -0.4 is 0 Å². The van der Waals surface area contributed by atoms with Gasteiger partial charge in [-0.25, -0.2) is 8.42 Å². The number of ether oxygens (including phenoxy) is 1. The van der Waals surface area contributed by atoms with E-state index in [1.807, 2.05) is 4.90 Å². The fourth-order valence-corrected chi connectivity index (χ4v) is 6.84. The fourth-order valence-electron chi connectivity index (χ4n) is 3.74. The van der Waals surface area contributed by atoms with E-state index in [4.69, 9.17) is 16.3 Å². The SMILES string of the molecule is O=C1CN(S(=O)(=O)c2ccc(Cl)s2)CC2(CCOCC2)N1CC1CC1. The van der Waals surface area contributed by atoms with Gasteiger partial charge < -0.3 is 9.64 Å². The summed E-state index contributed by atoms with van der Waals surface area (Å²) in [6.07, 6.45) is 3.68. The van der Waals surface area contributed by atoms with Crippen LogP contribution >= 0.6 is 22.9 Å². The van der Waals surface area contributed by atoms with Gasteiger partial charge in [0, 0.05) is 26.3 Å². The first kappa shape index (κ1) is 17.7. The molecule has 0 bridgehead atoms. The number of carbonyl (C=O) groups excluding carboxylic acids is 1. The lowest BCUT2D eigenvalue weighted by molar-refractivity contribution is -0.150. The Morgan fingerprint density at radius 1 is 1.28 bits per heavy atom. The Kier molecular flexibility index (Phi) is 4.60. The lowest BCUT2D eigenvalue weighted by atomic mass is 9.85. The lowest BCUT2D eigenvalue weighted by Crippen LogP contribution is -2.67. The van der Waals surface area contributed by atoms with E-state index >= 15 is 0 Å². The molecule has 25 heavy (non-hydrogen) atoms. The zero-order valence-corrected chi connectivity index (χ0v) is 16.2. The van der Waals surface area contributed by atoms with Crippen LogP contribution in [0.1, 0.15) is 25.7 Å². The zero-order valence-electron chi connectivity index (χ0n) is 13.8. The molecular formula is C16H21ClN2O4S2. The van der Waals surface area contributed by atoms with Gasteiger partial charge in [-0.2, -0.15) is 4.31 Å². The Hall–Kier alpha value is -0.670. The Morgan fingerprint density at radius 3 is 2.60 bits per heavy atom. The summed E-state index contributed by atoms with van der Waals surface area (Å²) < 4.78 is 33.4. The molecule has 0 unspecified atom stereocenters. The monoisotopic (exact) mass is 404 g/mol. The van der Waals surface area contributed by atoms with Crippen molar-refractivity contribution in [3.05, 3.63) is 16.5 Å². The van der Waals surface area contributed by atoms with E-state index in [9.17, 15) is 13.2 Å². The van der Waals surface area contributed by atoms with Crippen LogP contribution in [0.2, 0.25) is 4.34 Å². The van der Waals surface area contributed by atoms with Gasteiger partial charge in [-0.3, -0.25) is 4.79 Å². The molecule has 2 saturated heterocycles. The number of halogens is 1. The first-order chi connectivity index (χ1) is 11.9. The molecule has 2 aliphatic heterocycles. The van der Waals surface area contributed by atoms with Crippen molar-refractivity contribution in [2.24, 2.45) is 5.92 Å². The molecule has 1 aromatic heterocycles. The minimum Gasteiger partial charge on any atom is -0.381 e. The van der Waals surface area contributed by atoms with Crippen molar-refractivity contribution in [3.8, 4) is 0 Å². The first-order valence-electron chi connectivity index (χ1n) is 8.54. The molecule has 1 amide bonds. The van der Waals surface area contributed by atoms with Gasteiger partial charge in [-0.15, -0.1) is 11.3 Å². The molecule has 4 rings (SSSR count). The molecule has 1 spiro atoms. The highest BCUT2D eigenvalue weighted by Crippen LogP contribution is 2.39. The third-order valence-electron chi connectivity index (χ3n) is 5.36. The van der Waals surface area contributed by atoms with Gasteiger partial charge in [0.1, 0.15) is 4.21 Å². The number of hydrogen-bond donors (Lipinski definition) is 0. The minimum atomic E-state index is -3.71. The summed E-state index contributed by atoms with van der Waals surface area (Å²) in [7, 11) is -3.71. The molecule has 3 heterocycles. The number of sulfonamides is 1. The lowest BCUT2D eigenvalue weighted by Gasteiger charge is -2.51. The van der Waals surface area contributed by atoms with Gasteiger partial charge >= 0.3 is 0 Å². The van der Waals surface area contributed by atoms with E-state index in [2.05, 4.69) is 0 Å². The van der Waals surface area contributed by atoms with Crippen molar-refractivity contribution < 1.29 is 17.9 Å². The Morgan fingerprint density at radius 2 is 2.00 bits per heavy atom. The van der Waals surface area contributed by atoms with Crippen molar-refractivity contribution in [1.29, 1.82) is 0 Å². The van der Waals surface area contributed by atoms with Crippen molar-refractivity contribution in [3.63, 3.8) is 0 Å². The van der Waals surface area contributed by atoms with Gasteiger partial charge in [0.15, 0.2) is 0 Å². The predicted molar refractivity (Wildman–Crippen MR) is 95.3 cm³/mol. The van der Waals surface area contributed by atoms with E-state index in [1.54, 1.807) is 6.07 Å². The molecule has 1 saturated carbocycles. The highest BCUT2D eigenvalue weighted by atomic mass is 35.5. The number of thiophene rings is 1.